The highest BCUT2D eigenvalue weighted by molar-refractivity contribution is 5.97. The van der Waals surface area contributed by atoms with E-state index in [1.807, 2.05) is 43.3 Å². The van der Waals surface area contributed by atoms with Gasteiger partial charge in [0.1, 0.15) is 0 Å². The Bertz CT molecular complexity index is 570. The van der Waals surface area contributed by atoms with Crippen molar-refractivity contribution in [2.45, 2.75) is 33.1 Å². The summed E-state index contributed by atoms with van der Waals surface area (Å²) in [5.74, 6) is 0.610. The molecule has 98 valence electrons. The van der Waals surface area contributed by atoms with Crippen LogP contribution in [-0.2, 0) is 6.42 Å². The van der Waals surface area contributed by atoms with Crippen LogP contribution in [0.25, 0.3) is 0 Å². The molecule has 0 radical (unpaired) electrons. The van der Waals surface area contributed by atoms with Gasteiger partial charge in [0.25, 0.3) is 0 Å². The first-order chi connectivity index (χ1) is 9.08. The average molecular weight is 253 g/mol. The molecule has 0 aliphatic heterocycles. The minimum Gasteiger partial charge on any atom is -0.294 e. The Hall–Kier alpha value is -1.96. The summed E-state index contributed by atoms with van der Waals surface area (Å²) in [6.45, 7) is 6.28. The summed E-state index contributed by atoms with van der Waals surface area (Å²) in [6.07, 6.45) is 2.10. The number of hydrogen-bond acceptors (Lipinski definition) is 2. The Kier molecular flexibility index (Phi) is 4.10. The zero-order chi connectivity index (χ0) is 13.8. The molecule has 1 aromatic carbocycles. The zero-order valence-corrected chi connectivity index (χ0v) is 11.7. The molecule has 0 fully saturated rings. The molecule has 0 saturated heterocycles. The van der Waals surface area contributed by atoms with Crippen molar-refractivity contribution in [3.63, 3.8) is 0 Å². The highest BCUT2D eigenvalue weighted by Gasteiger charge is 2.10. The van der Waals surface area contributed by atoms with Crippen LogP contribution in [0.15, 0.2) is 42.6 Å². The number of nitrogens with zero attached hydrogens (tertiary/aromatic N) is 1. The van der Waals surface area contributed by atoms with Gasteiger partial charge in [-0.2, -0.15) is 0 Å². The lowest BCUT2D eigenvalue weighted by molar-refractivity contribution is 0.0991. The van der Waals surface area contributed by atoms with Gasteiger partial charge < -0.3 is 0 Å². The number of carbonyl (C=O) groups is 1. The number of benzene rings is 1. The number of ketones is 1. The topological polar surface area (TPSA) is 30.0 Å². The SMILES string of the molecule is Cc1cccnc1CC(=O)c1ccc(C(C)C)cc1. The molecule has 0 saturated carbocycles. The van der Waals surface area contributed by atoms with Crippen molar-refractivity contribution in [2.75, 3.05) is 0 Å². The smallest absolute Gasteiger partial charge is 0.168 e. The lowest BCUT2D eigenvalue weighted by Gasteiger charge is -2.07. The summed E-state index contributed by atoms with van der Waals surface area (Å²) in [6, 6.07) is 11.8. The molecule has 0 atom stereocenters. The standard InChI is InChI=1S/C17H19NO/c1-12(2)14-6-8-15(9-7-14)17(19)11-16-13(3)5-4-10-18-16/h4-10,12H,11H2,1-3H3. The largest absolute Gasteiger partial charge is 0.294 e. The van der Waals surface area contributed by atoms with Crippen LogP contribution in [0.2, 0.25) is 0 Å². The first kappa shape index (κ1) is 13.5. The minimum atomic E-state index is 0.122. The molecule has 2 aromatic rings. The Morgan fingerprint density at radius 1 is 1.16 bits per heavy atom. The van der Waals surface area contributed by atoms with Gasteiger partial charge in [-0.25, -0.2) is 0 Å². The third-order valence-corrected chi connectivity index (χ3v) is 3.35. The molecule has 19 heavy (non-hydrogen) atoms. The number of pyridine rings is 1. The van der Waals surface area contributed by atoms with Crippen molar-refractivity contribution in [3.05, 3.63) is 65.0 Å². The van der Waals surface area contributed by atoms with Crippen LogP contribution in [0.1, 0.15) is 46.9 Å². The van der Waals surface area contributed by atoms with Gasteiger partial charge in [0.05, 0.1) is 12.1 Å². The normalized spacial score (nSPS) is 10.7. The van der Waals surface area contributed by atoms with Crippen LogP contribution in [0.3, 0.4) is 0 Å². The lowest BCUT2D eigenvalue weighted by Crippen LogP contribution is -2.06. The van der Waals surface area contributed by atoms with Crippen molar-refractivity contribution in [3.8, 4) is 0 Å². The van der Waals surface area contributed by atoms with Crippen molar-refractivity contribution >= 4 is 5.78 Å². The average Bonchev–Trinajstić information content (AvgIpc) is 2.41. The second-order valence-corrected chi connectivity index (χ2v) is 5.14. The van der Waals surface area contributed by atoms with Gasteiger partial charge in [-0.15, -0.1) is 0 Å². The summed E-state index contributed by atoms with van der Waals surface area (Å²) in [4.78, 5) is 16.5. The molecule has 0 spiro atoms. The molecule has 2 nitrogen and oxygen atoms in total. The highest BCUT2D eigenvalue weighted by atomic mass is 16.1. The van der Waals surface area contributed by atoms with Gasteiger partial charge in [-0.3, -0.25) is 9.78 Å². The van der Waals surface area contributed by atoms with E-state index in [0.717, 1.165) is 16.8 Å². The molecule has 0 aliphatic carbocycles. The molecule has 1 heterocycles. The Balaban J connectivity index is 2.14. The molecule has 2 heteroatoms. The summed E-state index contributed by atoms with van der Waals surface area (Å²) in [5, 5.41) is 0. The zero-order valence-electron chi connectivity index (χ0n) is 11.7. The number of hydrogen-bond donors (Lipinski definition) is 0. The number of carbonyl (C=O) groups excluding carboxylic acids is 1. The van der Waals surface area contributed by atoms with Crippen LogP contribution in [0.5, 0.6) is 0 Å². The fourth-order valence-electron chi connectivity index (χ4n) is 2.01. The second kappa shape index (κ2) is 5.79. The van der Waals surface area contributed by atoms with Crippen LogP contribution in [0.4, 0.5) is 0 Å². The monoisotopic (exact) mass is 253 g/mol. The third kappa shape index (κ3) is 3.28. The number of Topliss-reactive ketones (excluding diaryl/α,β-unsaturated/α-hetero) is 1. The Labute approximate surface area is 114 Å². The predicted octanol–water partition coefficient (Wildman–Crippen LogP) is 3.94. The van der Waals surface area contributed by atoms with Gasteiger partial charge in [-0.1, -0.05) is 44.2 Å². The van der Waals surface area contributed by atoms with Crippen molar-refractivity contribution < 1.29 is 4.79 Å². The lowest BCUT2D eigenvalue weighted by atomic mass is 9.98. The molecular formula is C17H19NO. The van der Waals surface area contributed by atoms with Gasteiger partial charge >= 0.3 is 0 Å². The van der Waals surface area contributed by atoms with E-state index in [9.17, 15) is 4.79 Å². The maximum absolute atomic E-state index is 12.2. The predicted molar refractivity (Wildman–Crippen MR) is 77.5 cm³/mol. The molecule has 0 aliphatic rings. The van der Waals surface area contributed by atoms with Crippen molar-refractivity contribution in [2.24, 2.45) is 0 Å². The molecule has 0 amide bonds. The maximum atomic E-state index is 12.2. The molecule has 0 N–H and O–H groups in total. The van der Waals surface area contributed by atoms with Crippen LogP contribution in [0, 0.1) is 6.92 Å². The molecule has 2 rings (SSSR count). The van der Waals surface area contributed by atoms with E-state index in [2.05, 4.69) is 18.8 Å². The van der Waals surface area contributed by atoms with E-state index in [0.29, 0.717) is 12.3 Å². The van der Waals surface area contributed by atoms with Crippen LogP contribution in [-0.4, -0.2) is 10.8 Å². The number of aryl methyl sites for hydroxylation is 1. The molecule has 1 aromatic heterocycles. The summed E-state index contributed by atoms with van der Waals surface area (Å²) in [5.41, 5.74) is 3.94. The van der Waals surface area contributed by atoms with E-state index in [1.165, 1.54) is 5.56 Å². The fraction of sp³-hybridized carbons (Fsp3) is 0.294. The number of rotatable bonds is 4. The fourth-order valence-corrected chi connectivity index (χ4v) is 2.01. The molecular weight excluding hydrogens is 234 g/mol. The van der Waals surface area contributed by atoms with Crippen LogP contribution >= 0.6 is 0 Å². The second-order valence-electron chi connectivity index (χ2n) is 5.14. The van der Waals surface area contributed by atoms with E-state index >= 15 is 0 Å². The maximum Gasteiger partial charge on any atom is 0.168 e. The summed E-state index contributed by atoms with van der Waals surface area (Å²) >= 11 is 0. The first-order valence-corrected chi connectivity index (χ1v) is 6.61. The van der Waals surface area contributed by atoms with Crippen molar-refractivity contribution in [1.82, 2.24) is 4.98 Å². The quantitative estimate of drug-likeness (QED) is 0.772. The van der Waals surface area contributed by atoms with E-state index in [1.54, 1.807) is 6.20 Å². The van der Waals surface area contributed by atoms with Gasteiger partial charge in [0.15, 0.2) is 5.78 Å². The third-order valence-electron chi connectivity index (χ3n) is 3.35. The number of aromatic nitrogens is 1. The van der Waals surface area contributed by atoms with E-state index in [4.69, 9.17) is 0 Å². The molecule has 0 bridgehead atoms. The van der Waals surface area contributed by atoms with E-state index < -0.39 is 0 Å². The van der Waals surface area contributed by atoms with Gasteiger partial charge in [0.2, 0.25) is 0 Å². The van der Waals surface area contributed by atoms with Gasteiger partial charge in [0, 0.05) is 11.8 Å². The molecule has 0 unspecified atom stereocenters. The Morgan fingerprint density at radius 3 is 2.42 bits per heavy atom. The minimum absolute atomic E-state index is 0.122. The van der Waals surface area contributed by atoms with Gasteiger partial charge in [-0.05, 0) is 30.0 Å². The van der Waals surface area contributed by atoms with Crippen molar-refractivity contribution in [1.29, 1.82) is 0 Å². The first-order valence-electron chi connectivity index (χ1n) is 6.61. The summed E-state index contributed by atoms with van der Waals surface area (Å²) < 4.78 is 0. The summed E-state index contributed by atoms with van der Waals surface area (Å²) in [7, 11) is 0. The van der Waals surface area contributed by atoms with Crippen LogP contribution < -0.4 is 0 Å². The van der Waals surface area contributed by atoms with E-state index in [-0.39, 0.29) is 5.78 Å². The highest BCUT2D eigenvalue weighted by Crippen LogP contribution is 2.16. The Morgan fingerprint density at radius 2 is 1.84 bits per heavy atom.